The lowest BCUT2D eigenvalue weighted by molar-refractivity contribution is 0.374. The third-order valence-corrected chi connectivity index (χ3v) is 2.08. The van der Waals surface area contributed by atoms with Crippen molar-refractivity contribution >= 4 is 0 Å². The maximum Gasteiger partial charge on any atom is 0.0252 e. The molecule has 0 amide bonds. The fraction of sp³-hybridized carbons (Fsp3) is 0.778. The van der Waals surface area contributed by atoms with Gasteiger partial charge in [0.15, 0.2) is 0 Å². The molecule has 10 heavy (non-hydrogen) atoms. The Bertz CT molecular complexity index is 118. The molecule has 1 saturated heterocycles. The second-order valence-electron chi connectivity index (χ2n) is 3.13. The van der Waals surface area contributed by atoms with Crippen LogP contribution < -0.4 is 5.32 Å². The molecule has 1 heterocycles. The maximum absolute atomic E-state index is 3.53. The van der Waals surface area contributed by atoms with Crippen molar-refractivity contribution in [2.75, 3.05) is 0 Å². The van der Waals surface area contributed by atoms with Crippen molar-refractivity contribution < 1.29 is 0 Å². The van der Waals surface area contributed by atoms with Crippen LogP contribution in [-0.2, 0) is 0 Å². The van der Waals surface area contributed by atoms with Crippen molar-refractivity contribution in [1.29, 1.82) is 0 Å². The Balaban J connectivity index is 2.32. The quantitative estimate of drug-likeness (QED) is 0.548. The Labute approximate surface area is 63.5 Å². The summed E-state index contributed by atoms with van der Waals surface area (Å²) in [5, 5.41) is 3.53. The van der Waals surface area contributed by atoms with Crippen LogP contribution in [0, 0.1) is 0 Å². The first-order valence-electron chi connectivity index (χ1n) is 4.22. The van der Waals surface area contributed by atoms with E-state index in [-0.39, 0.29) is 0 Å². The lowest BCUT2D eigenvalue weighted by atomic mass is 9.99. The molecular formula is C9H17N. The minimum atomic E-state index is 0.647. The fourth-order valence-electron chi connectivity index (χ4n) is 1.56. The van der Waals surface area contributed by atoms with Gasteiger partial charge in [0, 0.05) is 12.1 Å². The molecule has 0 aromatic heterocycles. The molecule has 2 atom stereocenters. The van der Waals surface area contributed by atoms with E-state index >= 15 is 0 Å². The summed E-state index contributed by atoms with van der Waals surface area (Å²) in [6.45, 7) is 4.34. The van der Waals surface area contributed by atoms with Crippen LogP contribution in [0.25, 0.3) is 0 Å². The van der Waals surface area contributed by atoms with Crippen molar-refractivity contribution in [1.82, 2.24) is 5.32 Å². The first-order chi connectivity index (χ1) is 4.83. The fourth-order valence-corrected chi connectivity index (χ4v) is 1.56. The van der Waals surface area contributed by atoms with Crippen LogP contribution in [0.3, 0.4) is 0 Å². The van der Waals surface area contributed by atoms with Gasteiger partial charge in [-0.1, -0.05) is 18.6 Å². The summed E-state index contributed by atoms with van der Waals surface area (Å²) in [4.78, 5) is 0. The molecule has 0 radical (unpaired) electrons. The summed E-state index contributed by atoms with van der Waals surface area (Å²) < 4.78 is 0. The van der Waals surface area contributed by atoms with E-state index in [0.717, 1.165) is 6.04 Å². The van der Waals surface area contributed by atoms with Gasteiger partial charge in [-0.05, 0) is 26.7 Å². The van der Waals surface area contributed by atoms with Crippen LogP contribution in [0.1, 0.15) is 33.1 Å². The molecule has 1 N–H and O–H groups in total. The zero-order valence-corrected chi connectivity index (χ0v) is 6.93. The third kappa shape index (κ3) is 2.14. The number of piperidine rings is 1. The normalized spacial score (nSPS) is 35.0. The molecule has 1 nitrogen and oxygen atoms in total. The molecule has 0 aliphatic carbocycles. The van der Waals surface area contributed by atoms with Crippen LogP contribution in [0.4, 0.5) is 0 Å². The molecule has 1 aliphatic heterocycles. The van der Waals surface area contributed by atoms with E-state index in [1.54, 1.807) is 0 Å². The van der Waals surface area contributed by atoms with Crippen LogP contribution >= 0.6 is 0 Å². The predicted octanol–water partition coefficient (Wildman–Crippen LogP) is 2.09. The second kappa shape index (κ2) is 3.77. The first-order valence-corrected chi connectivity index (χ1v) is 4.22. The van der Waals surface area contributed by atoms with Crippen LogP contribution in [-0.4, -0.2) is 12.1 Å². The van der Waals surface area contributed by atoms with Gasteiger partial charge in [-0.2, -0.15) is 0 Å². The minimum absolute atomic E-state index is 0.647. The average molecular weight is 139 g/mol. The third-order valence-electron chi connectivity index (χ3n) is 2.08. The van der Waals surface area contributed by atoms with E-state index in [1.165, 1.54) is 19.3 Å². The van der Waals surface area contributed by atoms with Gasteiger partial charge in [-0.15, -0.1) is 0 Å². The molecule has 1 rings (SSSR count). The molecular weight excluding hydrogens is 122 g/mol. The van der Waals surface area contributed by atoms with Gasteiger partial charge < -0.3 is 5.32 Å². The van der Waals surface area contributed by atoms with E-state index in [2.05, 4.69) is 31.3 Å². The Morgan fingerprint density at radius 1 is 1.40 bits per heavy atom. The van der Waals surface area contributed by atoms with Crippen molar-refractivity contribution in [3.8, 4) is 0 Å². The molecule has 1 heteroatoms. The molecule has 1 fully saturated rings. The van der Waals surface area contributed by atoms with E-state index in [0.29, 0.717) is 6.04 Å². The molecule has 1 aliphatic rings. The number of hydrogen-bond donors (Lipinski definition) is 1. The minimum Gasteiger partial charge on any atom is -0.308 e. The molecule has 0 aromatic carbocycles. The lowest BCUT2D eigenvalue weighted by Crippen LogP contribution is -2.39. The Morgan fingerprint density at radius 2 is 2.20 bits per heavy atom. The highest BCUT2D eigenvalue weighted by atomic mass is 14.9. The van der Waals surface area contributed by atoms with Crippen LogP contribution in [0.5, 0.6) is 0 Å². The van der Waals surface area contributed by atoms with E-state index in [1.807, 2.05) is 0 Å². The van der Waals surface area contributed by atoms with Crippen molar-refractivity contribution in [2.45, 2.75) is 45.2 Å². The van der Waals surface area contributed by atoms with Gasteiger partial charge in [0.05, 0.1) is 0 Å². The predicted molar refractivity (Wildman–Crippen MR) is 45.1 cm³/mol. The standard InChI is InChI=1S/C9H17N/c1-3-5-9-7-4-6-8(2)10-9/h3,5,8-10H,4,6-7H2,1-2H3/b5-3+. The topological polar surface area (TPSA) is 12.0 Å². The molecule has 0 spiro atoms. The number of nitrogens with one attached hydrogen (secondary N) is 1. The zero-order chi connectivity index (χ0) is 7.40. The highest BCUT2D eigenvalue weighted by Gasteiger charge is 2.13. The second-order valence-corrected chi connectivity index (χ2v) is 3.13. The maximum atomic E-state index is 3.53. The summed E-state index contributed by atoms with van der Waals surface area (Å²) in [6.07, 6.45) is 8.43. The molecule has 0 saturated carbocycles. The highest BCUT2D eigenvalue weighted by Crippen LogP contribution is 2.12. The van der Waals surface area contributed by atoms with Crippen LogP contribution in [0.15, 0.2) is 12.2 Å². The Hall–Kier alpha value is -0.300. The van der Waals surface area contributed by atoms with Gasteiger partial charge >= 0.3 is 0 Å². The van der Waals surface area contributed by atoms with E-state index in [4.69, 9.17) is 0 Å². The average Bonchev–Trinajstić information content (AvgIpc) is 1.88. The summed E-state index contributed by atoms with van der Waals surface area (Å²) in [6, 6.07) is 1.36. The monoisotopic (exact) mass is 139 g/mol. The molecule has 0 aromatic rings. The zero-order valence-electron chi connectivity index (χ0n) is 6.93. The number of allylic oxidation sites excluding steroid dienone is 1. The SMILES string of the molecule is C/C=C/C1CCCC(C)N1. The Kier molecular flexibility index (Phi) is 2.94. The number of hydrogen-bond acceptors (Lipinski definition) is 1. The smallest absolute Gasteiger partial charge is 0.0252 e. The summed E-state index contributed by atoms with van der Waals surface area (Å²) >= 11 is 0. The molecule has 58 valence electrons. The van der Waals surface area contributed by atoms with Gasteiger partial charge in [-0.3, -0.25) is 0 Å². The summed E-state index contributed by atoms with van der Waals surface area (Å²) in [5.74, 6) is 0. The van der Waals surface area contributed by atoms with Crippen molar-refractivity contribution in [3.05, 3.63) is 12.2 Å². The highest BCUT2D eigenvalue weighted by molar-refractivity contribution is 4.94. The van der Waals surface area contributed by atoms with Crippen LogP contribution in [0.2, 0.25) is 0 Å². The van der Waals surface area contributed by atoms with Crippen molar-refractivity contribution in [2.24, 2.45) is 0 Å². The molecule has 2 unspecified atom stereocenters. The van der Waals surface area contributed by atoms with E-state index < -0.39 is 0 Å². The Morgan fingerprint density at radius 3 is 2.80 bits per heavy atom. The number of rotatable bonds is 1. The van der Waals surface area contributed by atoms with Gasteiger partial charge in [0.25, 0.3) is 0 Å². The summed E-state index contributed by atoms with van der Waals surface area (Å²) in [5.41, 5.74) is 0. The first kappa shape index (κ1) is 7.80. The largest absolute Gasteiger partial charge is 0.308 e. The van der Waals surface area contributed by atoms with Gasteiger partial charge in [0.2, 0.25) is 0 Å². The molecule has 0 bridgehead atoms. The van der Waals surface area contributed by atoms with Gasteiger partial charge in [-0.25, -0.2) is 0 Å². The van der Waals surface area contributed by atoms with E-state index in [9.17, 15) is 0 Å². The van der Waals surface area contributed by atoms with Crippen molar-refractivity contribution in [3.63, 3.8) is 0 Å². The van der Waals surface area contributed by atoms with Gasteiger partial charge in [0.1, 0.15) is 0 Å². The lowest BCUT2D eigenvalue weighted by Gasteiger charge is -2.26. The summed E-state index contributed by atoms with van der Waals surface area (Å²) in [7, 11) is 0.